The van der Waals surface area contributed by atoms with Crippen molar-refractivity contribution in [2.75, 3.05) is 0 Å². The average molecular weight is 210 g/mol. The largest absolute Gasteiger partial charge is 0.331 e. The molecule has 4 nitrogen and oxygen atoms in total. The standard InChI is InChI=1S/C9H8ClN3O/c10-9(7-11-13-12-9)14-6-8-4-2-1-3-5-8/h1-5,7H,6H2. The summed E-state index contributed by atoms with van der Waals surface area (Å²) in [4.78, 5) is 0. The summed E-state index contributed by atoms with van der Waals surface area (Å²) < 4.78 is 5.33. The van der Waals surface area contributed by atoms with Gasteiger partial charge in [-0.15, -0.1) is 10.2 Å². The SMILES string of the molecule is ClC1(OCc2ccccc2)C=NN=N1. The topological polar surface area (TPSA) is 46.3 Å². The molecule has 1 aliphatic rings. The summed E-state index contributed by atoms with van der Waals surface area (Å²) in [7, 11) is 0. The molecule has 0 aliphatic carbocycles. The molecule has 1 aromatic carbocycles. The van der Waals surface area contributed by atoms with E-state index in [1.54, 1.807) is 0 Å². The second-order valence-corrected chi connectivity index (χ2v) is 3.36. The highest BCUT2D eigenvalue weighted by atomic mass is 35.5. The van der Waals surface area contributed by atoms with E-state index in [0.717, 1.165) is 5.56 Å². The van der Waals surface area contributed by atoms with Crippen LogP contribution in [0.5, 0.6) is 0 Å². The molecule has 0 saturated heterocycles. The fourth-order valence-corrected chi connectivity index (χ4v) is 1.17. The molecule has 0 fully saturated rings. The Kier molecular flexibility index (Phi) is 2.56. The molecule has 0 N–H and O–H groups in total. The number of alkyl halides is 1. The van der Waals surface area contributed by atoms with Gasteiger partial charge in [0.2, 0.25) is 0 Å². The van der Waals surface area contributed by atoms with Gasteiger partial charge in [-0.2, -0.15) is 0 Å². The van der Waals surface area contributed by atoms with Crippen LogP contribution in [0.25, 0.3) is 0 Å². The second-order valence-electron chi connectivity index (χ2n) is 2.82. The van der Waals surface area contributed by atoms with Crippen LogP contribution in [-0.4, -0.2) is 11.4 Å². The number of benzene rings is 1. The lowest BCUT2D eigenvalue weighted by atomic mass is 10.2. The van der Waals surface area contributed by atoms with E-state index < -0.39 is 5.18 Å². The zero-order chi connectivity index (χ0) is 9.86. The van der Waals surface area contributed by atoms with E-state index >= 15 is 0 Å². The van der Waals surface area contributed by atoms with Crippen LogP contribution < -0.4 is 0 Å². The third-order valence-corrected chi connectivity index (χ3v) is 2.02. The minimum absolute atomic E-state index is 0.384. The number of ether oxygens (including phenoxy) is 1. The Bertz CT molecular complexity index is 352. The van der Waals surface area contributed by atoms with E-state index in [9.17, 15) is 0 Å². The van der Waals surface area contributed by atoms with Crippen LogP contribution in [0.15, 0.2) is 45.8 Å². The summed E-state index contributed by atoms with van der Waals surface area (Å²) in [6.45, 7) is 0.384. The van der Waals surface area contributed by atoms with Crippen LogP contribution in [0.4, 0.5) is 0 Å². The predicted molar refractivity (Wildman–Crippen MR) is 53.2 cm³/mol. The highest BCUT2D eigenvalue weighted by Crippen LogP contribution is 2.22. The van der Waals surface area contributed by atoms with Crippen LogP contribution in [0.1, 0.15) is 5.56 Å². The number of halogens is 1. The van der Waals surface area contributed by atoms with Gasteiger partial charge < -0.3 is 4.74 Å². The maximum atomic E-state index is 5.89. The molecule has 1 atom stereocenters. The first-order chi connectivity index (χ1) is 6.79. The van der Waals surface area contributed by atoms with E-state index in [-0.39, 0.29) is 0 Å². The van der Waals surface area contributed by atoms with Gasteiger partial charge in [0.1, 0.15) is 6.21 Å². The van der Waals surface area contributed by atoms with Gasteiger partial charge in [0.05, 0.1) is 6.61 Å². The van der Waals surface area contributed by atoms with E-state index in [1.807, 2.05) is 30.3 Å². The fraction of sp³-hybridized carbons (Fsp3) is 0.222. The molecule has 0 spiro atoms. The van der Waals surface area contributed by atoms with Gasteiger partial charge in [-0.3, -0.25) is 0 Å². The van der Waals surface area contributed by atoms with Crippen LogP contribution in [0, 0.1) is 0 Å². The zero-order valence-corrected chi connectivity index (χ0v) is 8.05. The zero-order valence-electron chi connectivity index (χ0n) is 7.30. The molecule has 1 unspecified atom stereocenters. The van der Waals surface area contributed by atoms with E-state index in [1.165, 1.54) is 6.21 Å². The van der Waals surface area contributed by atoms with Crippen molar-refractivity contribution in [3.05, 3.63) is 35.9 Å². The molecule has 0 bridgehead atoms. The fourth-order valence-electron chi connectivity index (χ4n) is 1.03. The summed E-state index contributed by atoms with van der Waals surface area (Å²) in [6.07, 6.45) is 1.36. The molecule has 2 rings (SSSR count). The molecule has 5 heteroatoms. The third kappa shape index (κ3) is 2.16. The summed E-state index contributed by atoms with van der Waals surface area (Å²) in [6, 6.07) is 9.71. The van der Waals surface area contributed by atoms with Gasteiger partial charge in [-0.1, -0.05) is 41.9 Å². The Balaban J connectivity index is 1.95. The monoisotopic (exact) mass is 209 g/mol. The number of hydrogen-bond donors (Lipinski definition) is 0. The maximum Gasteiger partial charge on any atom is 0.297 e. The molecule has 0 amide bonds. The van der Waals surface area contributed by atoms with Gasteiger partial charge >= 0.3 is 0 Å². The van der Waals surface area contributed by atoms with Crippen molar-refractivity contribution in [3.8, 4) is 0 Å². The molecule has 0 radical (unpaired) electrons. The van der Waals surface area contributed by atoms with Crippen LogP contribution in [0.2, 0.25) is 0 Å². The summed E-state index contributed by atoms with van der Waals surface area (Å²) >= 11 is 5.89. The van der Waals surface area contributed by atoms with Crippen molar-refractivity contribution in [2.24, 2.45) is 15.4 Å². The minimum Gasteiger partial charge on any atom is -0.331 e. The lowest BCUT2D eigenvalue weighted by Gasteiger charge is -2.13. The third-order valence-electron chi connectivity index (χ3n) is 1.73. The summed E-state index contributed by atoms with van der Waals surface area (Å²) in [5.41, 5.74) is 1.03. The maximum absolute atomic E-state index is 5.89. The van der Waals surface area contributed by atoms with Crippen molar-refractivity contribution in [2.45, 2.75) is 11.8 Å². The Labute approximate surface area is 86.2 Å². The van der Waals surface area contributed by atoms with Crippen molar-refractivity contribution >= 4 is 17.8 Å². The Morgan fingerprint density at radius 1 is 1.29 bits per heavy atom. The molecule has 1 heterocycles. The van der Waals surface area contributed by atoms with Gasteiger partial charge in [0.25, 0.3) is 5.18 Å². The van der Waals surface area contributed by atoms with Crippen LogP contribution >= 0.6 is 11.6 Å². The second kappa shape index (κ2) is 3.86. The molecule has 1 aromatic rings. The molecular formula is C9H8ClN3O. The molecular weight excluding hydrogens is 202 g/mol. The van der Waals surface area contributed by atoms with E-state index in [2.05, 4.69) is 15.4 Å². The average Bonchev–Trinajstić information content (AvgIpc) is 2.65. The number of nitrogens with zero attached hydrogens (tertiary/aromatic N) is 3. The molecule has 72 valence electrons. The van der Waals surface area contributed by atoms with Gasteiger partial charge in [-0.25, -0.2) is 0 Å². The minimum atomic E-state index is -1.21. The molecule has 14 heavy (non-hydrogen) atoms. The Morgan fingerprint density at radius 2 is 2.07 bits per heavy atom. The first-order valence-electron chi connectivity index (χ1n) is 4.12. The number of hydrogen-bond acceptors (Lipinski definition) is 4. The van der Waals surface area contributed by atoms with Crippen molar-refractivity contribution in [1.82, 2.24) is 0 Å². The number of rotatable bonds is 3. The Hall–Kier alpha value is -1.26. The molecule has 1 aliphatic heterocycles. The van der Waals surface area contributed by atoms with Gasteiger partial charge in [0, 0.05) is 0 Å². The lowest BCUT2D eigenvalue weighted by molar-refractivity contribution is 0.0622. The van der Waals surface area contributed by atoms with Gasteiger partial charge in [0.15, 0.2) is 0 Å². The smallest absolute Gasteiger partial charge is 0.297 e. The normalized spacial score (nSPS) is 24.4. The van der Waals surface area contributed by atoms with Crippen molar-refractivity contribution in [3.63, 3.8) is 0 Å². The summed E-state index contributed by atoms with van der Waals surface area (Å²) in [5, 5.41) is 9.33. The predicted octanol–water partition coefficient (Wildman–Crippen LogP) is 2.55. The first kappa shape index (κ1) is 9.30. The lowest BCUT2D eigenvalue weighted by Crippen LogP contribution is -2.21. The highest BCUT2D eigenvalue weighted by molar-refractivity contribution is 6.30. The van der Waals surface area contributed by atoms with E-state index in [4.69, 9.17) is 16.3 Å². The van der Waals surface area contributed by atoms with Crippen molar-refractivity contribution < 1.29 is 4.74 Å². The molecule has 0 saturated carbocycles. The molecule has 0 aromatic heterocycles. The quantitative estimate of drug-likeness (QED) is 0.557. The Morgan fingerprint density at radius 3 is 2.71 bits per heavy atom. The highest BCUT2D eigenvalue weighted by Gasteiger charge is 2.28. The first-order valence-corrected chi connectivity index (χ1v) is 4.49. The summed E-state index contributed by atoms with van der Waals surface area (Å²) in [5.74, 6) is 0. The van der Waals surface area contributed by atoms with Crippen LogP contribution in [-0.2, 0) is 11.3 Å². The van der Waals surface area contributed by atoms with Crippen molar-refractivity contribution in [1.29, 1.82) is 0 Å². The van der Waals surface area contributed by atoms with Gasteiger partial charge in [-0.05, 0) is 10.8 Å². The van der Waals surface area contributed by atoms with Crippen LogP contribution in [0.3, 0.4) is 0 Å². The van der Waals surface area contributed by atoms with E-state index in [0.29, 0.717) is 6.61 Å².